The van der Waals surface area contributed by atoms with Crippen molar-refractivity contribution in [3.8, 4) is 0 Å². The van der Waals surface area contributed by atoms with Gasteiger partial charge in [0.25, 0.3) is 11.4 Å². The van der Waals surface area contributed by atoms with E-state index in [2.05, 4.69) is 20.9 Å². The number of hydrogen-bond acceptors (Lipinski definition) is 8. The molecule has 0 aliphatic carbocycles. The lowest BCUT2D eigenvalue weighted by Gasteiger charge is -2.15. The van der Waals surface area contributed by atoms with Crippen LogP contribution in [0.5, 0.6) is 0 Å². The van der Waals surface area contributed by atoms with E-state index in [1.807, 2.05) is 43.3 Å². The lowest BCUT2D eigenvalue weighted by atomic mass is 10.1. The molecule has 10 nitrogen and oxygen atoms in total. The first kappa shape index (κ1) is 22.2. The Hall–Kier alpha value is -4.99. The van der Waals surface area contributed by atoms with Crippen molar-refractivity contribution >= 4 is 45.5 Å². The molecule has 4 rings (SSSR count). The summed E-state index contributed by atoms with van der Waals surface area (Å²) in [6, 6.07) is 20.7. The van der Waals surface area contributed by atoms with Gasteiger partial charge in [-0.15, -0.1) is 0 Å². The summed E-state index contributed by atoms with van der Waals surface area (Å²) >= 11 is 0. The molecule has 0 saturated carbocycles. The normalized spacial score (nSPS) is 10.4. The van der Waals surface area contributed by atoms with Crippen LogP contribution in [0.1, 0.15) is 5.56 Å². The lowest BCUT2D eigenvalue weighted by molar-refractivity contribution is -0.393. The van der Waals surface area contributed by atoms with E-state index in [1.165, 1.54) is 12.3 Å². The van der Waals surface area contributed by atoms with Crippen LogP contribution in [0.3, 0.4) is 0 Å². The maximum Gasteiger partial charge on any atom is 0.299 e. The van der Waals surface area contributed by atoms with Gasteiger partial charge in [-0.2, -0.15) is 0 Å². The highest BCUT2D eigenvalue weighted by atomic mass is 16.6. The molecule has 170 valence electrons. The molecule has 0 radical (unpaired) electrons. The lowest BCUT2D eigenvalue weighted by Crippen LogP contribution is -2.04. The summed E-state index contributed by atoms with van der Waals surface area (Å²) in [5.41, 5.74) is 3.06. The Kier molecular flexibility index (Phi) is 6.31. The van der Waals surface area contributed by atoms with Crippen molar-refractivity contribution in [2.24, 2.45) is 0 Å². The van der Waals surface area contributed by atoms with E-state index in [0.717, 1.165) is 17.3 Å². The van der Waals surface area contributed by atoms with Crippen molar-refractivity contribution in [2.75, 3.05) is 16.0 Å². The maximum absolute atomic E-state index is 11.8. The Morgan fingerprint density at radius 3 is 1.85 bits per heavy atom. The van der Waals surface area contributed by atoms with Crippen molar-refractivity contribution in [3.05, 3.63) is 111 Å². The number of aryl methyl sites for hydroxylation is 1. The van der Waals surface area contributed by atoms with Gasteiger partial charge in [0.1, 0.15) is 11.4 Å². The van der Waals surface area contributed by atoms with Crippen LogP contribution in [0.25, 0.3) is 0 Å². The number of nitro groups is 2. The summed E-state index contributed by atoms with van der Waals surface area (Å²) in [6.45, 7) is 1.99. The van der Waals surface area contributed by atoms with Crippen LogP contribution >= 0.6 is 0 Å². The fraction of sp³-hybridized carbons (Fsp3) is 0.0417. The first-order chi connectivity index (χ1) is 16.4. The molecule has 0 amide bonds. The number of hydrogen-bond donors (Lipinski definition) is 3. The zero-order chi connectivity index (χ0) is 24.1. The van der Waals surface area contributed by atoms with Crippen LogP contribution < -0.4 is 16.0 Å². The molecule has 0 fully saturated rings. The summed E-state index contributed by atoms with van der Waals surface area (Å²) in [5.74, 6) is 0. The molecule has 10 heteroatoms. The molecule has 4 aromatic rings. The molecule has 0 saturated heterocycles. The number of anilines is 6. The number of para-hydroxylation sites is 2. The van der Waals surface area contributed by atoms with E-state index in [9.17, 15) is 20.2 Å². The van der Waals surface area contributed by atoms with Crippen LogP contribution in [-0.2, 0) is 0 Å². The molecule has 3 aromatic carbocycles. The molecular weight excluding hydrogens is 436 g/mol. The Morgan fingerprint density at radius 2 is 1.26 bits per heavy atom. The molecule has 3 N–H and O–H groups in total. The molecule has 0 atom stereocenters. The van der Waals surface area contributed by atoms with E-state index in [4.69, 9.17) is 0 Å². The minimum Gasteiger partial charge on any atom is -0.354 e. The third-order valence-corrected chi connectivity index (χ3v) is 4.97. The maximum atomic E-state index is 11.8. The topological polar surface area (TPSA) is 135 Å². The van der Waals surface area contributed by atoms with E-state index >= 15 is 0 Å². The van der Waals surface area contributed by atoms with Crippen molar-refractivity contribution in [2.45, 2.75) is 6.92 Å². The molecule has 0 unspecified atom stereocenters. The van der Waals surface area contributed by atoms with E-state index in [1.54, 1.807) is 30.5 Å². The van der Waals surface area contributed by atoms with Gasteiger partial charge in [-0.1, -0.05) is 29.8 Å². The summed E-state index contributed by atoms with van der Waals surface area (Å²) in [6.07, 6.45) is 3.07. The standard InChI is InChI=1S/C24H20N6O4/c1-16-8-10-17(11-9-16)26-19-6-2-3-7-20(19)28-22-13-21(27-18-5-4-12-25-15-18)23(29(31)32)14-24(22)30(33)34/h2-15,26-28H,1H3. The highest BCUT2D eigenvalue weighted by Gasteiger charge is 2.25. The van der Waals surface area contributed by atoms with Gasteiger partial charge < -0.3 is 16.0 Å². The predicted molar refractivity (Wildman–Crippen MR) is 131 cm³/mol. The van der Waals surface area contributed by atoms with Crippen LogP contribution in [0.4, 0.5) is 45.5 Å². The Balaban J connectivity index is 1.74. The Morgan fingerprint density at radius 1 is 0.676 bits per heavy atom. The first-order valence-electron chi connectivity index (χ1n) is 10.2. The number of nitrogens with one attached hydrogen (secondary N) is 3. The number of nitrogens with zero attached hydrogens (tertiary/aromatic N) is 3. The molecule has 34 heavy (non-hydrogen) atoms. The third kappa shape index (κ3) is 5.07. The molecule has 0 aliphatic rings. The predicted octanol–water partition coefficient (Wildman–Crippen LogP) is 6.44. The van der Waals surface area contributed by atoms with Gasteiger partial charge in [0.2, 0.25) is 0 Å². The van der Waals surface area contributed by atoms with Gasteiger partial charge in [-0.05, 0) is 49.4 Å². The quantitative estimate of drug-likeness (QED) is 0.204. The Labute approximate surface area is 194 Å². The Bertz CT molecular complexity index is 1340. The molecular formula is C24H20N6O4. The summed E-state index contributed by atoms with van der Waals surface area (Å²) in [4.78, 5) is 26.1. The molecule has 1 heterocycles. The van der Waals surface area contributed by atoms with Crippen LogP contribution in [0.2, 0.25) is 0 Å². The second kappa shape index (κ2) is 9.65. The SMILES string of the molecule is Cc1ccc(Nc2ccccc2Nc2cc(Nc3cccnc3)c([N+](=O)[O-])cc2[N+](=O)[O-])cc1. The minimum atomic E-state index is -0.664. The molecule has 0 aliphatic heterocycles. The highest BCUT2D eigenvalue weighted by molar-refractivity contribution is 5.85. The van der Waals surface area contributed by atoms with Crippen molar-refractivity contribution < 1.29 is 9.85 Å². The molecule has 0 bridgehead atoms. The van der Waals surface area contributed by atoms with Gasteiger partial charge in [-0.3, -0.25) is 25.2 Å². The zero-order valence-electron chi connectivity index (χ0n) is 18.1. The van der Waals surface area contributed by atoms with E-state index in [0.29, 0.717) is 17.1 Å². The zero-order valence-corrected chi connectivity index (χ0v) is 18.1. The average Bonchev–Trinajstić information content (AvgIpc) is 2.82. The summed E-state index contributed by atoms with van der Waals surface area (Å²) in [5, 5.41) is 32.7. The first-order valence-corrected chi connectivity index (χ1v) is 10.2. The fourth-order valence-electron chi connectivity index (χ4n) is 3.31. The number of benzene rings is 3. The minimum absolute atomic E-state index is 0.0927. The number of rotatable bonds is 8. The molecule has 0 spiro atoms. The van der Waals surface area contributed by atoms with Gasteiger partial charge in [0, 0.05) is 11.9 Å². The highest BCUT2D eigenvalue weighted by Crippen LogP contribution is 2.40. The van der Waals surface area contributed by atoms with Gasteiger partial charge >= 0.3 is 0 Å². The van der Waals surface area contributed by atoms with Crippen molar-refractivity contribution in [1.82, 2.24) is 4.98 Å². The van der Waals surface area contributed by atoms with Gasteiger partial charge in [0.15, 0.2) is 0 Å². The van der Waals surface area contributed by atoms with Gasteiger partial charge in [-0.25, -0.2) is 0 Å². The van der Waals surface area contributed by atoms with Gasteiger partial charge in [0.05, 0.1) is 39.2 Å². The number of aromatic nitrogens is 1. The van der Waals surface area contributed by atoms with E-state index < -0.39 is 21.2 Å². The van der Waals surface area contributed by atoms with Crippen LogP contribution in [0.15, 0.2) is 85.2 Å². The summed E-state index contributed by atoms with van der Waals surface area (Å²) in [7, 11) is 0. The molecule has 1 aromatic heterocycles. The fourth-order valence-corrected chi connectivity index (χ4v) is 3.31. The van der Waals surface area contributed by atoms with Crippen molar-refractivity contribution in [1.29, 1.82) is 0 Å². The summed E-state index contributed by atoms with van der Waals surface area (Å²) < 4.78 is 0. The van der Waals surface area contributed by atoms with Crippen LogP contribution in [0, 0.1) is 27.2 Å². The second-order valence-electron chi connectivity index (χ2n) is 7.43. The average molecular weight is 456 g/mol. The largest absolute Gasteiger partial charge is 0.354 e. The number of nitro benzene ring substituents is 2. The smallest absolute Gasteiger partial charge is 0.299 e. The number of pyridine rings is 1. The third-order valence-electron chi connectivity index (χ3n) is 4.97. The van der Waals surface area contributed by atoms with E-state index in [-0.39, 0.29) is 11.4 Å². The monoisotopic (exact) mass is 456 g/mol. The van der Waals surface area contributed by atoms with Crippen molar-refractivity contribution in [3.63, 3.8) is 0 Å². The van der Waals surface area contributed by atoms with Crippen LogP contribution in [-0.4, -0.2) is 14.8 Å². The second-order valence-corrected chi connectivity index (χ2v) is 7.43.